The minimum Gasteiger partial charge on any atom is -0.345 e. The van der Waals surface area contributed by atoms with Gasteiger partial charge in [0, 0.05) is 5.56 Å². The fourth-order valence-corrected chi connectivity index (χ4v) is 2.66. The van der Waals surface area contributed by atoms with Crippen LogP contribution < -0.4 is 5.32 Å². The normalized spacial score (nSPS) is 12.3. The van der Waals surface area contributed by atoms with Gasteiger partial charge in [-0.1, -0.05) is 55.3 Å². The first-order valence-electron chi connectivity index (χ1n) is 8.09. The molecule has 0 unspecified atom stereocenters. The van der Waals surface area contributed by atoms with Gasteiger partial charge in [-0.2, -0.15) is 5.26 Å². The molecule has 3 nitrogen and oxygen atoms in total. The van der Waals surface area contributed by atoms with E-state index in [0.717, 1.165) is 30.2 Å². The molecule has 26 heavy (non-hydrogen) atoms. The van der Waals surface area contributed by atoms with Gasteiger partial charge in [0.25, 0.3) is 5.91 Å². The molecule has 134 valence electrons. The van der Waals surface area contributed by atoms with Crippen molar-refractivity contribution in [3.63, 3.8) is 0 Å². The Morgan fingerprint density at radius 2 is 1.96 bits per heavy atom. The fraction of sp³-hybridized carbons (Fsp3) is 0.200. The molecule has 0 aliphatic carbocycles. The van der Waals surface area contributed by atoms with Crippen LogP contribution in [0.4, 0.5) is 8.78 Å². The van der Waals surface area contributed by atoms with Crippen LogP contribution in [0.25, 0.3) is 6.08 Å². The molecule has 0 radical (unpaired) electrons. The van der Waals surface area contributed by atoms with Crippen molar-refractivity contribution in [1.29, 1.82) is 5.26 Å². The molecular formula is C20H17ClF2N2O. The van der Waals surface area contributed by atoms with Gasteiger partial charge in [-0.15, -0.1) is 0 Å². The Labute approximate surface area is 155 Å². The minimum atomic E-state index is -1.01. The van der Waals surface area contributed by atoms with Gasteiger partial charge in [-0.3, -0.25) is 4.79 Å². The monoisotopic (exact) mass is 374 g/mol. The molecule has 0 saturated heterocycles. The van der Waals surface area contributed by atoms with Gasteiger partial charge in [0.2, 0.25) is 0 Å². The Hall–Kier alpha value is -2.71. The van der Waals surface area contributed by atoms with Crippen molar-refractivity contribution in [2.24, 2.45) is 0 Å². The third-order valence-electron chi connectivity index (χ3n) is 3.82. The van der Waals surface area contributed by atoms with Crippen LogP contribution in [-0.2, 0) is 4.79 Å². The van der Waals surface area contributed by atoms with Crippen molar-refractivity contribution in [2.45, 2.75) is 25.8 Å². The van der Waals surface area contributed by atoms with Crippen molar-refractivity contribution in [3.05, 3.63) is 75.8 Å². The average Bonchev–Trinajstić information content (AvgIpc) is 2.65. The van der Waals surface area contributed by atoms with Gasteiger partial charge in [-0.05, 0) is 30.2 Å². The summed E-state index contributed by atoms with van der Waals surface area (Å²) in [5.74, 6) is -2.62. The highest BCUT2D eigenvalue weighted by molar-refractivity contribution is 6.30. The highest BCUT2D eigenvalue weighted by Crippen LogP contribution is 2.24. The van der Waals surface area contributed by atoms with Gasteiger partial charge >= 0.3 is 0 Å². The second kappa shape index (κ2) is 9.12. The zero-order chi connectivity index (χ0) is 19.1. The summed E-state index contributed by atoms with van der Waals surface area (Å²) in [7, 11) is 0. The van der Waals surface area contributed by atoms with Crippen molar-refractivity contribution in [3.8, 4) is 6.07 Å². The summed E-state index contributed by atoms with van der Waals surface area (Å²) in [6, 6.07) is 12.7. The highest BCUT2D eigenvalue weighted by Gasteiger charge is 2.19. The molecule has 0 saturated carbocycles. The molecule has 2 rings (SSSR count). The van der Waals surface area contributed by atoms with Gasteiger partial charge in [-0.25, -0.2) is 8.78 Å². The number of nitrogens with zero attached hydrogens (tertiary/aromatic N) is 1. The van der Waals surface area contributed by atoms with Crippen LogP contribution in [0.1, 0.15) is 36.9 Å². The number of rotatable bonds is 6. The lowest BCUT2D eigenvalue weighted by molar-refractivity contribution is -0.117. The summed E-state index contributed by atoms with van der Waals surface area (Å²) < 4.78 is 27.9. The van der Waals surface area contributed by atoms with E-state index in [4.69, 9.17) is 11.6 Å². The Balaban J connectivity index is 2.31. The molecule has 0 spiro atoms. The van der Waals surface area contributed by atoms with Crippen LogP contribution in [0.15, 0.2) is 48.0 Å². The average molecular weight is 375 g/mol. The summed E-state index contributed by atoms with van der Waals surface area (Å²) in [5.41, 5.74) is -0.0295. The van der Waals surface area contributed by atoms with Crippen molar-refractivity contribution >= 4 is 23.6 Å². The van der Waals surface area contributed by atoms with E-state index in [1.54, 1.807) is 6.07 Å². The van der Waals surface area contributed by atoms with Crippen LogP contribution in [0.3, 0.4) is 0 Å². The van der Waals surface area contributed by atoms with E-state index in [9.17, 15) is 18.8 Å². The number of halogens is 3. The number of carbonyl (C=O) groups excluding carboxylic acids is 1. The van der Waals surface area contributed by atoms with Crippen LogP contribution in [-0.4, -0.2) is 5.91 Å². The lowest BCUT2D eigenvalue weighted by Gasteiger charge is -2.18. The molecule has 0 fully saturated rings. The topological polar surface area (TPSA) is 52.9 Å². The summed E-state index contributed by atoms with van der Waals surface area (Å²) >= 11 is 5.64. The smallest absolute Gasteiger partial charge is 0.262 e. The lowest BCUT2D eigenvalue weighted by Crippen LogP contribution is -2.29. The highest BCUT2D eigenvalue weighted by atomic mass is 35.5. The summed E-state index contributed by atoms with van der Waals surface area (Å²) in [4.78, 5) is 12.5. The number of nitriles is 1. The predicted molar refractivity (Wildman–Crippen MR) is 97.2 cm³/mol. The van der Waals surface area contributed by atoms with Gasteiger partial charge in [0.15, 0.2) is 5.82 Å². The molecule has 0 aliphatic rings. The zero-order valence-corrected chi connectivity index (χ0v) is 14.9. The first-order chi connectivity index (χ1) is 12.5. The molecule has 0 bridgehead atoms. The van der Waals surface area contributed by atoms with E-state index in [1.807, 2.05) is 37.3 Å². The molecular weight excluding hydrogens is 358 g/mol. The van der Waals surface area contributed by atoms with Gasteiger partial charge < -0.3 is 5.32 Å². The SMILES string of the molecule is CCC[C@H](NC(=O)/C(C#N)=C/c1c(F)ccc(Cl)c1F)c1ccccc1. The Bertz CT molecular complexity index is 860. The maximum Gasteiger partial charge on any atom is 0.262 e. The van der Waals surface area contributed by atoms with E-state index >= 15 is 0 Å². The third-order valence-corrected chi connectivity index (χ3v) is 4.11. The largest absolute Gasteiger partial charge is 0.345 e. The standard InChI is InChI=1S/C20H17ClF2N2O/c1-2-6-18(13-7-4-3-5-8-13)25-20(26)14(12-24)11-15-17(22)10-9-16(21)19(15)23/h3-5,7-11,18H,2,6H2,1H3,(H,25,26)/b14-11+/t18-/m0/s1. The van der Waals surface area contributed by atoms with E-state index in [1.165, 1.54) is 0 Å². The second-order valence-corrected chi connectivity index (χ2v) is 6.06. The molecule has 0 aromatic heterocycles. The molecule has 1 atom stereocenters. The number of hydrogen-bond acceptors (Lipinski definition) is 2. The van der Waals surface area contributed by atoms with Crippen LogP contribution >= 0.6 is 11.6 Å². The number of amides is 1. The molecule has 0 aliphatic heterocycles. The van der Waals surface area contributed by atoms with Crippen molar-refractivity contribution < 1.29 is 13.6 Å². The maximum absolute atomic E-state index is 14.0. The molecule has 2 aromatic rings. The van der Waals surface area contributed by atoms with Crippen molar-refractivity contribution in [2.75, 3.05) is 0 Å². The van der Waals surface area contributed by atoms with Crippen LogP contribution in [0.5, 0.6) is 0 Å². The number of hydrogen-bond donors (Lipinski definition) is 1. The number of nitrogens with one attached hydrogen (secondary N) is 1. The molecule has 1 N–H and O–H groups in total. The van der Waals surface area contributed by atoms with E-state index in [-0.39, 0.29) is 11.1 Å². The van der Waals surface area contributed by atoms with E-state index in [2.05, 4.69) is 5.32 Å². The van der Waals surface area contributed by atoms with Crippen LogP contribution in [0, 0.1) is 23.0 Å². The summed E-state index contributed by atoms with van der Waals surface area (Å²) in [6.45, 7) is 1.97. The maximum atomic E-state index is 14.0. The van der Waals surface area contributed by atoms with E-state index < -0.39 is 28.7 Å². The number of benzene rings is 2. The third kappa shape index (κ3) is 4.68. The fourth-order valence-electron chi connectivity index (χ4n) is 2.50. The molecule has 2 aromatic carbocycles. The van der Waals surface area contributed by atoms with Crippen LogP contribution in [0.2, 0.25) is 5.02 Å². The Kier molecular flexibility index (Phi) is 6.88. The molecule has 6 heteroatoms. The molecule has 1 amide bonds. The molecule has 0 heterocycles. The van der Waals surface area contributed by atoms with Gasteiger partial charge in [0.05, 0.1) is 11.1 Å². The number of carbonyl (C=O) groups is 1. The van der Waals surface area contributed by atoms with Gasteiger partial charge in [0.1, 0.15) is 17.5 Å². The first kappa shape index (κ1) is 19.6. The predicted octanol–water partition coefficient (Wildman–Crippen LogP) is 5.18. The lowest BCUT2D eigenvalue weighted by atomic mass is 10.0. The van der Waals surface area contributed by atoms with Crippen molar-refractivity contribution in [1.82, 2.24) is 5.32 Å². The second-order valence-electron chi connectivity index (χ2n) is 5.65. The summed E-state index contributed by atoms with van der Waals surface area (Å²) in [5, 5.41) is 11.7. The minimum absolute atomic E-state index is 0.288. The first-order valence-corrected chi connectivity index (χ1v) is 8.46. The quantitative estimate of drug-likeness (QED) is 0.430. The van der Waals surface area contributed by atoms with E-state index in [0.29, 0.717) is 6.42 Å². The Morgan fingerprint density at radius 3 is 2.58 bits per heavy atom. The Morgan fingerprint density at radius 1 is 1.27 bits per heavy atom. The summed E-state index contributed by atoms with van der Waals surface area (Å²) in [6.07, 6.45) is 2.34. The zero-order valence-electron chi connectivity index (χ0n) is 14.1.